The number of benzene rings is 2. The molecule has 172 valence electrons. The Labute approximate surface area is 190 Å². The molecule has 6 nitrogen and oxygen atoms in total. The number of nitrogens with zero attached hydrogens (tertiary/aromatic N) is 1. The molecule has 1 amide bonds. The summed E-state index contributed by atoms with van der Waals surface area (Å²) in [5.74, 6) is -0.715. The molecule has 0 atom stereocenters. The number of rotatable bonds is 15. The molecule has 32 heavy (non-hydrogen) atoms. The van der Waals surface area contributed by atoms with Crippen molar-refractivity contribution in [3.05, 3.63) is 71.8 Å². The fourth-order valence-electron chi connectivity index (χ4n) is 3.26. The second-order valence-corrected chi connectivity index (χ2v) is 7.60. The molecule has 0 N–H and O–H groups in total. The molecule has 0 fully saturated rings. The van der Waals surface area contributed by atoms with Gasteiger partial charge in [-0.2, -0.15) is 0 Å². The maximum atomic E-state index is 12.2. The first-order valence-corrected chi connectivity index (χ1v) is 11.3. The maximum Gasteiger partial charge on any atom is 0.418 e. The Hall–Kier alpha value is -2.99. The number of amides is 1. The highest BCUT2D eigenvalue weighted by molar-refractivity contribution is 5.96. The third-order valence-corrected chi connectivity index (χ3v) is 5.06. The molecule has 0 aliphatic rings. The highest BCUT2D eigenvalue weighted by Gasteiger charge is 2.19. The topological polar surface area (TPSA) is 72.9 Å². The van der Waals surface area contributed by atoms with Crippen molar-refractivity contribution in [2.45, 2.75) is 44.9 Å². The van der Waals surface area contributed by atoms with Gasteiger partial charge in [0.2, 0.25) is 0 Å². The summed E-state index contributed by atoms with van der Waals surface area (Å²) in [6, 6.07) is 18.8. The van der Waals surface area contributed by atoms with Crippen LogP contribution in [-0.2, 0) is 20.7 Å². The number of carbonyl (C=O) groups excluding carboxylic acids is 3. The Morgan fingerprint density at radius 3 is 2.09 bits per heavy atom. The molecule has 6 heteroatoms. The van der Waals surface area contributed by atoms with E-state index in [1.54, 1.807) is 30.3 Å². The molecule has 0 heterocycles. The molecule has 2 aromatic rings. The second kappa shape index (κ2) is 15.8. The third-order valence-electron chi connectivity index (χ3n) is 5.06. The zero-order valence-electron chi connectivity index (χ0n) is 18.6. The smallest absolute Gasteiger partial charge is 0.381 e. The number of aryl methyl sites for hydroxylation is 1. The van der Waals surface area contributed by atoms with Gasteiger partial charge in [-0.1, -0.05) is 61.4 Å². The highest BCUT2D eigenvalue weighted by Crippen LogP contribution is 2.08. The van der Waals surface area contributed by atoms with E-state index in [2.05, 4.69) is 24.3 Å². The Kier molecular flexibility index (Phi) is 12.4. The largest absolute Gasteiger partial charge is 0.418 e. The molecule has 0 saturated carbocycles. The molecular weight excluding hydrogens is 406 g/mol. The number of ether oxygens (including phenoxy) is 2. The number of esters is 1. The van der Waals surface area contributed by atoms with Crippen molar-refractivity contribution in [2.24, 2.45) is 0 Å². The van der Waals surface area contributed by atoms with Crippen LogP contribution < -0.4 is 0 Å². The molecule has 0 aliphatic heterocycles. The van der Waals surface area contributed by atoms with Crippen LogP contribution in [0.5, 0.6) is 0 Å². The number of hydrogen-bond donors (Lipinski definition) is 0. The molecule has 0 aliphatic carbocycles. The van der Waals surface area contributed by atoms with Gasteiger partial charge < -0.3 is 19.2 Å². The molecule has 2 rings (SSSR count). The van der Waals surface area contributed by atoms with E-state index >= 15 is 0 Å². The monoisotopic (exact) mass is 439 g/mol. The minimum Gasteiger partial charge on any atom is -0.381 e. The average Bonchev–Trinajstić information content (AvgIpc) is 2.83. The molecule has 0 radical (unpaired) electrons. The lowest BCUT2D eigenvalue weighted by atomic mass is 10.1. The fraction of sp³-hybridized carbons (Fsp3) is 0.423. The van der Waals surface area contributed by atoms with Crippen molar-refractivity contribution in [3.8, 4) is 0 Å². The molecule has 0 spiro atoms. The fourth-order valence-corrected chi connectivity index (χ4v) is 3.26. The van der Waals surface area contributed by atoms with E-state index in [9.17, 15) is 14.4 Å². The Bertz CT molecular complexity index is 794. The summed E-state index contributed by atoms with van der Waals surface area (Å²) >= 11 is 0. The number of carbonyl (C=O) groups is 3. The van der Waals surface area contributed by atoms with Crippen molar-refractivity contribution in [3.63, 3.8) is 0 Å². The van der Waals surface area contributed by atoms with E-state index in [1.165, 1.54) is 10.5 Å². The summed E-state index contributed by atoms with van der Waals surface area (Å²) in [4.78, 5) is 36.4. The van der Waals surface area contributed by atoms with Gasteiger partial charge in [-0.15, -0.1) is 0 Å². The first kappa shape index (κ1) is 25.3. The first-order valence-electron chi connectivity index (χ1n) is 11.3. The van der Waals surface area contributed by atoms with Crippen LogP contribution in [0.2, 0.25) is 0 Å². The van der Waals surface area contributed by atoms with Crippen molar-refractivity contribution in [2.75, 3.05) is 26.3 Å². The maximum absolute atomic E-state index is 12.2. The third kappa shape index (κ3) is 10.4. The van der Waals surface area contributed by atoms with Crippen LogP contribution in [0.25, 0.3) is 0 Å². The standard InChI is InChI=1S/C26H33NO5/c28-20-19-27(26(30)32-25(29)24-16-7-4-8-17-24)18-10-1-2-11-21-31-22-12-9-15-23-13-5-3-6-14-23/h3-8,13-14,16-17,20H,1-2,9-12,15,18-19,21-22H2. The number of hydrogen-bond acceptors (Lipinski definition) is 5. The van der Waals surface area contributed by atoms with Crippen LogP contribution >= 0.6 is 0 Å². The molecular formula is C26H33NO5. The molecule has 2 aromatic carbocycles. The second-order valence-electron chi connectivity index (χ2n) is 7.60. The van der Waals surface area contributed by atoms with Gasteiger partial charge in [-0.3, -0.25) is 0 Å². The van der Waals surface area contributed by atoms with Crippen LogP contribution in [-0.4, -0.2) is 49.6 Å². The van der Waals surface area contributed by atoms with Crippen LogP contribution in [0.3, 0.4) is 0 Å². The Morgan fingerprint density at radius 2 is 1.41 bits per heavy atom. The van der Waals surface area contributed by atoms with E-state index in [1.807, 2.05) is 6.07 Å². The summed E-state index contributed by atoms with van der Waals surface area (Å²) in [5, 5.41) is 0. The van der Waals surface area contributed by atoms with Gasteiger partial charge in [0.05, 0.1) is 12.1 Å². The van der Waals surface area contributed by atoms with E-state index in [4.69, 9.17) is 9.47 Å². The summed E-state index contributed by atoms with van der Waals surface area (Å²) in [5.41, 5.74) is 1.66. The zero-order valence-corrected chi connectivity index (χ0v) is 18.6. The van der Waals surface area contributed by atoms with Crippen molar-refractivity contribution in [1.82, 2.24) is 4.90 Å². The minimum atomic E-state index is -0.787. The quantitative estimate of drug-likeness (QED) is 0.168. The molecule has 0 unspecified atom stereocenters. The van der Waals surface area contributed by atoms with Crippen molar-refractivity contribution >= 4 is 18.3 Å². The van der Waals surface area contributed by atoms with Gasteiger partial charge in [0, 0.05) is 19.8 Å². The number of unbranched alkanes of at least 4 members (excludes halogenated alkanes) is 4. The lowest BCUT2D eigenvalue weighted by Crippen LogP contribution is -2.35. The Balaban J connectivity index is 1.50. The van der Waals surface area contributed by atoms with E-state index in [0.29, 0.717) is 18.4 Å². The van der Waals surface area contributed by atoms with Crippen LogP contribution in [0.4, 0.5) is 4.79 Å². The first-order chi connectivity index (χ1) is 15.7. The zero-order chi connectivity index (χ0) is 22.9. The minimum absolute atomic E-state index is 0.0903. The summed E-state index contributed by atoms with van der Waals surface area (Å²) < 4.78 is 10.6. The number of aldehydes is 1. The molecule has 0 bridgehead atoms. The van der Waals surface area contributed by atoms with Crippen molar-refractivity contribution in [1.29, 1.82) is 0 Å². The summed E-state index contributed by atoms with van der Waals surface area (Å²) in [7, 11) is 0. The average molecular weight is 440 g/mol. The van der Waals surface area contributed by atoms with Crippen LogP contribution in [0.1, 0.15) is 54.4 Å². The van der Waals surface area contributed by atoms with Crippen LogP contribution in [0.15, 0.2) is 60.7 Å². The summed E-state index contributed by atoms with van der Waals surface area (Å²) in [6.45, 7) is 1.80. The van der Waals surface area contributed by atoms with Gasteiger partial charge in [0.15, 0.2) is 0 Å². The van der Waals surface area contributed by atoms with E-state index in [-0.39, 0.29) is 6.54 Å². The van der Waals surface area contributed by atoms with E-state index < -0.39 is 12.1 Å². The van der Waals surface area contributed by atoms with Gasteiger partial charge in [-0.05, 0) is 49.8 Å². The normalized spacial score (nSPS) is 10.5. The predicted octanol–water partition coefficient (Wildman–Crippen LogP) is 5.06. The van der Waals surface area contributed by atoms with Gasteiger partial charge in [-0.25, -0.2) is 9.59 Å². The van der Waals surface area contributed by atoms with Gasteiger partial charge in [0.25, 0.3) is 0 Å². The van der Waals surface area contributed by atoms with Gasteiger partial charge in [0.1, 0.15) is 6.29 Å². The molecule has 0 aromatic heterocycles. The van der Waals surface area contributed by atoms with Crippen molar-refractivity contribution < 1.29 is 23.9 Å². The Morgan fingerprint density at radius 1 is 0.781 bits per heavy atom. The lowest BCUT2D eigenvalue weighted by molar-refractivity contribution is -0.108. The molecule has 0 saturated heterocycles. The van der Waals surface area contributed by atoms with Gasteiger partial charge >= 0.3 is 12.1 Å². The SMILES string of the molecule is O=CCN(CCCCCCOCCCCc1ccccc1)C(=O)OC(=O)c1ccccc1. The van der Waals surface area contributed by atoms with Crippen LogP contribution in [0, 0.1) is 0 Å². The summed E-state index contributed by atoms with van der Waals surface area (Å²) in [6.07, 6.45) is 6.70. The van der Waals surface area contributed by atoms with E-state index in [0.717, 1.165) is 58.2 Å². The lowest BCUT2D eigenvalue weighted by Gasteiger charge is -2.18. The predicted molar refractivity (Wildman–Crippen MR) is 124 cm³/mol. The highest BCUT2D eigenvalue weighted by atomic mass is 16.6.